The minimum Gasteiger partial charge on any atom is -0.467 e. The molecular weight excluding hydrogens is 416 g/mol. The topological polar surface area (TPSA) is 123 Å². The first kappa shape index (κ1) is 21.4. The van der Waals surface area contributed by atoms with Crippen LogP contribution in [0.3, 0.4) is 0 Å². The van der Waals surface area contributed by atoms with Gasteiger partial charge >= 0.3 is 18.0 Å². The van der Waals surface area contributed by atoms with Gasteiger partial charge in [0.05, 0.1) is 24.1 Å². The van der Waals surface area contributed by atoms with E-state index in [0.717, 1.165) is 25.9 Å². The van der Waals surface area contributed by atoms with Crippen LogP contribution >= 0.6 is 0 Å². The summed E-state index contributed by atoms with van der Waals surface area (Å²) in [5, 5.41) is 5.20. The molecule has 2 aliphatic rings. The van der Waals surface area contributed by atoms with Gasteiger partial charge in [0.15, 0.2) is 0 Å². The maximum Gasteiger partial charge on any atom is 0.342 e. The Kier molecular flexibility index (Phi) is 6.39. The summed E-state index contributed by atoms with van der Waals surface area (Å²) in [7, 11) is 0. The van der Waals surface area contributed by atoms with Gasteiger partial charge in [0.2, 0.25) is 0 Å². The molecule has 10 heteroatoms. The first-order valence-electron chi connectivity index (χ1n) is 10.5. The van der Waals surface area contributed by atoms with Gasteiger partial charge in [-0.1, -0.05) is 0 Å². The molecule has 1 unspecified atom stereocenters. The number of amides is 2. The lowest BCUT2D eigenvalue weighted by Crippen LogP contribution is -2.47. The van der Waals surface area contributed by atoms with Gasteiger partial charge in [-0.25, -0.2) is 19.4 Å². The predicted molar refractivity (Wildman–Crippen MR) is 113 cm³/mol. The Hall–Kier alpha value is -3.82. The summed E-state index contributed by atoms with van der Waals surface area (Å²) in [6.07, 6.45) is 5.14. The van der Waals surface area contributed by atoms with Crippen LogP contribution in [0.1, 0.15) is 41.9 Å². The molecule has 0 aromatic carbocycles. The standard InChI is InChI=1S/C22H24N4O6/c1-2-30-21(28)17-15(24-22(29)25-18(17)16-8-6-12-31-16)13-32-20(27)14-7-5-9-23-19(14)26-10-3-4-11-26/h5-9,12,18H,2-4,10-11,13H2,1H3,(H2,24,25,29). The van der Waals surface area contributed by atoms with Crippen LogP contribution in [0.25, 0.3) is 0 Å². The van der Waals surface area contributed by atoms with E-state index in [0.29, 0.717) is 17.1 Å². The number of hydrogen-bond acceptors (Lipinski definition) is 8. The summed E-state index contributed by atoms with van der Waals surface area (Å²) in [4.78, 5) is 44.2. The third-order valence-electron chi connectivity index (χ3n) is 5.24. The molecule has 4 rings (SSSR count). The van der Waals surface area contributed by atoms with E-state index in [-0.39, 0.29) is 24.5 Å². The van der Waals surface area contributed by atoms with Crippen LogP contribution in [0.4, 0.5) is 10.6 Å². The Morgan fingerprint density at radius 3 is 2.72 bits per heavy atom. The summed E-state index contributed by atoms with van der Waals surface area (Å²) < 4.78 is 16.1. The molecule has 2 N–H and O–H groups in total. The van der Waals surface area contributed by atoms with Gasteiger partial charge < -0.3 is 29.4 Å². The van der Waals surface area contributed by atoms with Gasteiger partial charge in [-0.05, 0) is 44.0 Å². The van der Waals surface area contributed by atoms with Crippen molar-refractivity contribution in [1.29, 1.82) is 0 Å². The van der Waals surface area contributed by atoms with Crippen molar-refractivity contribution in [2.45, 2.75) is 25.8 Å². The van der Waals surface area contributed by atoms with Crippen molar-refractivity contribution in [3.05, 3.63) is 59.3 Å². The Labute approximate surface area is 184 Å². The second kappa shape index (κ2) is 9.54. The van der Waals surface area contributed by atoms with Crippen LogP contribution in [0.2, 0.25) is 0 Å². The number of nitrogens with one attached hydrogen (secondary N) is 2. The van der Waals surface area contributed by atoms with Crippen LogP contribution in [-0.2, 0) is 14.3 Å². The van der Waals surface area contributed by atoms with E-state index in [2.05, 4.69) is 15.6 Å². The molecule has 2 aromatic heterocycles. The number of esters is 2. The van der Waals surface area contributed by atoms with Gasteiger partial charge in [-0.2, -0.15) is 0 Å². The van der Waals surface area contributed by atoms with E-state index in [1.54, 1.807) is 37.4 Å². The van der Waals surface area contributed by atoms with Crippen LogP contribution in [0, 0.1) is 0 Å². The fraction of sp³-hybridized carbons (Fsp3) is 0.364. The number of carbonyl (C=O) groups is 3. The third-order valence-corrected chi connectivity index (χ3v) is 5.24. The molecular formula is C22H24N4O6. The number of anilines is 1. The average Bonchev–Trinajstić information content (AvgIpc) is 3.51. The second-order valence-corrected chi connectivity index (χ2v) is 7.30. The van der Waals surface area contributed by atoms with Crippen LogP contribution in [-0.4, -0.2) is 49.3 Å². The molecule has 2 amide bonds. The predicted octanol–water partition coefficient (Wildman–Crippen LogP) is 2.30. The molecule has 32 heavy (non-hydrogen) atoms. The molecule has 1 saturated heterocycles. The molecule has 0 radical (unpaired) electrons. The zero-order chi connectivity index (χ0) is 22.5. The highest BCUT2D eigenvalue weighted by Crippen LogP contribution is 2.29. The first-order chi connectivity index (χ1) is 15.6. The Morgan fingerprint density at radius 1 is 1.19 bits per heavy atom. The minimum atomic E-state index is -0.870. The largest absolute Gasteiger partial charge is 0.467 e. The molecule has 168 valence electrons. The normalized spacial score (nSPS) is 18.2. The average molecular weight is 440 g/mol. The van der Waals surface area contributed by atoms with E-state index in [1.807, 2.05) is 4.90 Å². The number of carbonyl (C=O) groups excluding carboxylic acids is 3. The van der Waals surface area contributed by atoms with Crippen molar-refractivity contribution < 1.29 is 28.3 Å². The molecule has 4 heterocycles. The zero-order valence-corrected chi connectivity index (χ0v) is 17.6. The SMILES string of the molecule is CCOC(=O)C1=C(COC(=O)c2cccnc2N2CCCC2)NC(=O)NC1c1ccco1. The number of furan rings is 1. The number of hydrogen-bond donors (Lipinski definition) is 2. The van der Waals surface area contributed by atoms with E-state index >= 15 is 0 Å². The smallest absolute Gasteiger partial charge is 0.342 e. The Bertz CT molecular complexity index is 1030. The maximum atomic E-state index is 12.9. The molecule has 0 spiro atoms. The van der Waals surface area contributed by atoms with Crippen molar-refractivity contribution in [1.82, 2.24) is 15.6 Å². The first-order valence-corrected chi connectivity index (χ1v) is 10.5. The molecule has 1 fully saturated rings. The van der Waals surface area contributed by atoms with E-state index in [9.17, 15) is 14.4 Å². The second-order valence-electron chi connectivity index (χ2n) is 7.30. The van der Waals surface area contributed by atoms with Crippen LogP contribution in [0.15, 0.2) is 52.4 Å². The van der Waals surface area contributed by atoms with Gasteiger partial charge in [0, 0.05) is 19.3 Å². The number of nitrogens with zero attached hydrogens (tertiary/aromatic N) is 2. The van der Waals surface area contributed by atoms with Gasteiger partial charge in [-0.3, -0.25) is 0 Å². The molecule has 2 aromatic rings. The summed E-state index contributed by atoms with van der Waals surface area (Å²) in [5.41, 5.74) is 0.573. The van der Waals surface area contributed by atoms with Gasteiger partial charge in [-0.15, -0.1) is 0 Å². The number of urea groups is 1. The van der Waals surface area contributed by atoms with Crippen molar-refractivity contribution >= 4 is 23.8 Å². The van der Waals surface area contributed by atoms with Crippen LogP contribution in [0.5, 0.6) is 0 Å². The number of aromatic nitrogens is 1. The van der Waals surface area contributed by atoms with E-state index in [1.165, 1.54) is 6.26 Å². The summed E-state index contributed by atoms with van der Waals surface area (Å²) >= 11 is 0. The molecule has 0 saturated carbocycles. The summed E-state index contributed by atoms with van der Waals surface area (Å²) in [5.74, 6) is -0.322. The highest BCUT2D eigenvalue weighted by Gasteiger charge is 2.36. The molecule has 2 aliphatic heterocycles. The number of pyridine rings is 1. The van der Waals surface area contributed by atoms with Gasteiger partial charge in [0.25, 0.3) is 0 Å². The Morgan fingerprint density at radius 2 is 2.00 bits per heavy atom. The Balaban J connectivity index is 1.59. The monoisotopic (exact) mass is 440 g/mol. The molecule has 0 bridgehead atoms. The fourth-order valence-electron chi connectivity index (χ4n) is 3.80. The van der Waals surface area contributed by atoms with Crippen LogP contribution < -0.4 is 15.5 Å². The van der Waals surface area contributed by atoms with Crippen molar-refractivity contribution in [3.63, 3.8) is 0 Å². The van der Waals surface area contributed by atoms with Crippen molar-refractivity contribution in [3.8, 4) is 0 Å². The van der Waals surface area contributed by atoms with Crippen molar-refractivity contribution in [2.75, 3.05) is 31.2 Å². The zero-order valence-electron chi connectivity index (χ0n) is 17.6. The van der Waals surface area contributed by atoms with Crippen molar-refractivity contribution in [2.24, 2.45) is 0 Å². The van der Waals surface area contributed by atoms with E-state index < -0.39 is 24.0 Å². The lowest BCUT2D eigenvalue weighted by Gasteiger charge is -2.27. The quantitative estimate of drug-likeness (QED) is 0.629. The third kappa shape index (κ3) is 4.43. The number of ether oxygens (including phenoxy) is 2. The van der Waals surface area contributed by atoms with Gasteiger partial charge in [0.1, 0.15) is 29.8 Å². The van der Waals surface area contributed by atoms with E-state index in [4.69, 9.17) is 13.9 Å². The highest BCUT2D eigenvalue weighted by atomic mass is 16.5. The maximum absolute atomic E-state index is 12.9. The molecule has 10 nitrogen and oxygen atoms in total. The summed E-state index contributed by atoms with van der Waals surface area (Å²) in [6.45, 7) is 3.14. The highest BCUT2D eigenvalue weighted by molar-refractivity contribution is 5.96. The minimum absolute atomic E-state index is 0.111. The fourth-order valence-corrected chi connectivity index (χ4v) is 3.80. The molecule has 1 atom stereocenters. The number of rotatable bonds is 7. The lowest BCUT2D eigenvalue weighted by atomic mass is 10.0. The summed E-state index contributed by atoms with van der Waals surface area (Å²) in [6, 6.07) is 5.18. The lowest BCUT2D eigenvalue weighted by molar-refractivity contribution is -0.139. The molecule has 0 aliphatic carbocycles.